The number of carboxylic acids is 1. The Labute approximate surface area is 199 Å². The van der Waals surface area contributed by atoms with Crippen molar-refractivity contribution in [1.82, 2.24) is 10.6 Å². The van der Waals surface area contributed by atoms with Gasteiger partial charge < -0.3 is 25.2 Å². The highest BCUT2D eigenvalue weighted by Crippen LogP contribution is 2.44. The van der Waals surface area contributed by atoms with Gasteiger partial charge >= 0.3 is 12.1 Å². The molecule has 8 nitrogen and oxygen atoms in total. The molecule has 0 bridgehead atoms. The van der Waals surface area contributed by atoms with Crippen molar-refractivity contribution in [3.63, 3.8) is 0 Å². The maximum Gasteiger partial charge on any atom is 0.407 e. The van der Waals surface area contributed by atoms with Crippen molar-refractivity contribution in [3.05, 3.63) is 59.7 Å². The number of nitrogens with one attached hydrogen (secondary N) is 2. The van der Waals surface area contributed by atoms with E-state index in [1.165, 1.54) is 7.11 Å². The molecule has 0 spiro atoms. The van der Waals surface area contributed by atoms with Crippen molar-refractivity contribution >= 4 is 18.0 Å². The molecule has 0 aliphatic heterocycles. The van der Waals surface area contributed by atoms with Crippen LogP contribution in [0, 0.1) is 11.8 Å². The standard InChI is InChI=1S/C26H32N2O6/c1-16(2)17(12-24(29)28-23(15-33-3)25(30)31)13-27-26(32)34-14-22-20-10-6-4-8-18(20)19-9-5-7-11-21(19)22/h4-11,16-17,22-23H,12-15H2,1-3H3,(H,27,32)(H,28,29)(H,30,31). The molecule has 0 radical (unpaired) electrons. The number of hydrogen-bond donors (Lipinski definition) is 3. The van der Waals surface area contributed by atoms with E-state index in [0.717, 1.165) is 22.3 Å². The number of carboxylic acid groups (broad SMARTS) is 1. The van der Waals surface area contributed by atoms with E-state index in [2.05, 4.69) is 34.9 Å². The summed E-state index contributed by atoms with van der Waals surface area (Å²) in [5.41, 5.74) is 4.59. The smallest absolute Gasteiger partial charge is 0.407 e. The first-order valence-electron chi connectivity index (χ1n) is 11.4. The van der Waals surface area contributed by atoms with E-state index < -0.39 is 24.0 Å². The predicted molar refractivity (Wildman–Crippen MR) is 127 cm³/mol. The average Bonchev–Trinajstić information content (AvgIpc) is 3.13. The van der Waals surface area contributed by atoms with Crippen LogP contribution in [0.1, 0.15) is 37.3 Å². The highest BCUT2D eigenvalue weighted by Gasteiger charge is 2.29. The van der Waals surface area contributed by atoms with Crippen LogP contribution < -0.4 is 10.6 Å². The fourth-order valence-corrected chi connectivity index (χ4v) is 4.24. The van der Waals surface area contributed by atoms with Crippen LogP contribution in [0.5, 0.6) is 0 Å². The van der Waals surface area contributed by atoms with E-state index in [-0.39, 0.29) is 43.9 Å². The van der Waals surface area contributed by atoms with Crippen molar-refractivity contribution in [1.29, 1.82) is 0 Å². The lowest BCUT2D eigenvalue weighted by Gasteiger charge is -2.22. The zero-order valence-electron chi connectivity index (χ0n) is 19.7. The summed E-state index contributed by atoms with van der Waals surface area (Å²) in [5, 5.41) is 14.4. The fourth-order valence-electron chi connectivity index (χ4n) is 4.24. The number of carbonyl (C=O) groups excluding carboxylic acids is 2. The van der Waals surface area contributed by atoms with Gasteiger partial charge in [-0.15, -0.1) is 0 Å². The van der Waals surface area contributed by atoms with Gasteiger partial charge in [0.25, 0.3) is 0 Å². The Hall–Kier alpha value is -3.39. The zero-order chi connectivity index (χ0) is 24.7. The molecule has 2 atom stereocenters. The number of amides is 2. The van der Waals surface area contributed by atoms with Gasteiger partial charge in [-0.05, 0) is 34.1 Å². The molecule has 0 saturated heterocycles. The van der Waals surface area contributed by atoms with Crippen LogP contribution in [-0.4, -0.2) is 56.0 Å². The molecule has 0 aromatic heterocycles. The Balaban J connectivity index is 1.53. The monoisotopic (exact) mass is 468 g/mol. The summed E-state index contributed by atoms with van der Waals surface area (Å²) in [7, 11) is 1.37. The van der Waals surface area contributed by atoms with Gasteiger partial charge in [0.05, 0.1) is 6.61 Å². The largest absolute Gasteiger partial charge is 0.480 e. The molecule has 34 heavy (non-hydrogen) atoms. The minimum absolute atomic E-state index is 0.0291. The lowest BCUT2D eigenvalue weighted by atomic mass is 9.92. The van der Waals surface area contributed by atoms with Gasteiger partial charge in [-0.1, -0.05) is 62.4 Å². The Morgan fingerprint density at radius 1 is 1.00 bits per heavy atom. The van der Waals surface area contributed by atoms with Crippen LogP contribution in [0.3, 0.4) is 0 Å². The molecule has 1 aliphatic rings. The minimum atomic E-state index is -1.16. The number of carbonyl (C=O) groups is 3. The lowest BCUT2D eigenvalue weighted by molar-refractivity contribution is -0.143. The highest BCUT2D eigenvalue weighted by atomic mass is 16.5. The van der Waals surface area contributed by atoms with E-state index >= 15 is 0 Å². The molecule has 3 rings (SSSR count). The number of aliphatic carboxylic acids is 1. The van der Waals surface area contributed by atoms with Crippen molar-refractivity contribution in [3.8, 4) is 11.1 Å². The number of alkyl carbamates (subject to hydrolysis) is 1. The molecule has 2 aromatic rings. The molecule has 2 amide bonds. The summed E-state index contributed by atoms with van der Waals surface area (Å²) >= 11 is 0. The maximum absolute atomic E-state index is 12.5. The minimum Gasteiger partial charge on any atom is -0.480 e. The van der Waals surface area contributed by atoms with Gasteiger partial charge in [-0.3, -0.25) is 4.79 Å². The number of benzene rings is 2. The first-order chi connectivity index (χ1) is 16.3. The van der Waals surface area contributed by atoms with Gasteiger partial charge in [0.15, 0.2) is 6.04 Å². The summed E-state index contributed by atoms with van der Waals surface area (Å²) in [6, 6.07) is 15.1. The second-order valence-electron chi connectivity index (χ2n) is 8.83. The molecule has 2 unspecified atom stereocenters. The summed E-state index contributed by atoms with van der Waals surface area (Å²) in [5.74, 6) is -1.69. The zero-order valence-corrected chi connectivity index (χ0v) is 19.7. The fraction of sp³-hybridized carbons (Fsp3) is 0.423. The Morgan fingerprint density at radius 3 is 2.12 bits per heavy atom. The molecule has 8 heteroatoms. The van der Waals surface area contributed by atoms with Crippen LogP contribution in [0.15, 0.2) is 48.5 Å². The van der Waals surface area contributed by atoms with E-state index in [9.17, 15) is 19.5 Å². The molecular weight excluding hydrogens is 436 g/mol. The second-order valence-corrected chi connectivity index (χ2v) is 8.83. The summed E-state index contributed by atoms with van der Waals surface area (Å²) in [6.45, 7) is 4.22. The molecule has 3 N–H and O–H groups in total. The number of fused-ring (bicyclic) bond motifs is 3. The first-order valence-corrected chi connectivity index (χ1v) is 11.4. The molecule has 2 aromatic carbocycles. The third-order valence-corrected chi connectivity index (χ3v) is 6.21. The third kappa shape index (κ3) is 6.14. The first kappa shape index (κ1) is 25.2. The van der Waals surface area contributed by atoms with Crippen molar-refractivity contribution in [2.45, 2.75) is 32.2 Å². The second kappa shape index (κ2) is 11.7. The third-order valence-electron chi connectivity index (χ3n) is 6.21. The van der Waals surface area contributed by atoms with E-state index in [4.69, 9.17) is 9.47 Å². The molecule has 0 heterocycles. The number of rotatable bonds is 11. The van der Waals surface area contributed by atoms with E-state index in [1.807, 2.05) is 38.1 Å². The Kier molecular flexibility index (Phi) is 8.65. The normalized spacial score (nSPS) is 14.1. The Bertz CT molecular complexity index is 976. The molecule has 0 saturated carbocycles. The van der Waals surface area contributed by atoms with Crippen molar-refractivity contribution in [2.24, 2.45) is 11.8 Å². The summed E-state index contributed by atoms with van der Waals surface area (Å²) in [6.07, 6.45) is -0.467. The number of methoxy groups -OCH3 is 1. The SMILES string of the molecule is COCC(NC(=O)CC(CNC(=O)OCC1c2ccccc2-c2ccccc21)C(C)C)C(=O)O. The molecule has 0 fully saturated rings. The van der Waals surface area contributed by atoms with Crippen LogP contribution in [0.25, 0.3) is 11.1 Å². The molecule has 1 aliphatic carbocycles. The van der Waals surface area contributed by atoms with Crippen LogP contribution in [0.4, 0.5) is 4.79 Å². The van der Waals surface area contributed by atoms with E-state index in [0.29, 0.717) is 0 Å². The molecular formula is C26H32N2O6. The quantitative estimate of drug-likeness (QED) is 0.466. The Morgan fingerprint density at radius 2 is 1.59 bits per heavy atom. The van der Waals surface area contributed by atoms with Gasteiger partial charge in [0, 0.05) is 26.0 Å². The van der Waals surface area contributed by atoms with Gasteiger partial charge in [0.1, 0.15) is 6.61 Å². The van der Waals surface area contributed by atoms with Crippen LogP contribution in [-0.2, 0) is 19.1 Å². The van der Waals surface area contributed by atoms with E-state index in [1.54, 1.807) is 0 Å². The van der Waals surface area contributed by atoms with Gasteiger partial charge in [-0.25, -0.2) is 9.59 Å². The van der Waals surface area contributed by atoms with Crippen molar-refractivity contribution in [2.75, 3.05) is 26.9 Å². The highest BCUT2D eigenvalue weighted by molar-refractivity contribution is 5.84. The maximum atomic E-state index is 12.5. The topological polar surface area (TPSA) is 114 Å². The van der Waals surface area contributed by atoms with Gasteiger partial charge in [0.2, 0.25) is 5.91 Å². The van der Waals surface area contributed by atoms with Crippen LogP contribution >= 0.6 is 0 Å². The molecule has 182 valence electrons. The number of ether oxygens (including phenoxy) is 2. The number of hydrogen-bond acceptors (Lipinski definition) is 5. The van der Waals surface area contributed by atoms with Crippen LogP contribution in [0.2, 0.25) is 0 Å². The average molecular weight is 469 g/mol. The lowest BCUT2D eigenvalue weighted by Crippen LogP contribution is -2.45. The summed E-state index contributed by atoms with van der Waals surface area (Å²) < 4.78 is 10.4. The predicted octanol–water partition coefficient (Wildman–Crippen LogP) is 3.40. The van der Waals surface area contributed by atoms with Gasteiger partial charge in [-0.2, -0.15) is 0 Å². The van der Waals surface area contributed by atoms with Crippen molar-refractivity contribution < 1.29 is 29.0 Å². The summed E-state index contributed by atoms with van der Waals surface area (Å²) in [4.78, 5) is 36.0.